The average molecular weight is 407 g/mol. The molecule has 6 heteroatoms. The first-order valence-electron chi connectivity index (χ1n) is 9.56. The molecule has 3 aromatic rings. The van der Waals surface area contributed by atoms with Gasteiger partial charge in [-0.3, -0.25) is 9.80 Å². The number of carbonyl (C=O) groups excluding carboxylic acids is 1. The largest absolute Gasteiger partial charge is 0.330 e. The van der Waals surface area contributed by atoms with Crippen molar-refractivity contribution in [2.45, 2.75) is 33.7 Å². The molecule has 0 radical (unpaired) electrons. The van der Waals surface area contributed by atoms with Crippen LogP contribution in [0.3, 0.4) is 0 Å². The Bertz CT molecular complexity index is 1090. The van der Waals surface area contributed by atoms with Gasteiger partial charge in [0.1, 0.15) is 11.6 Å². The van der Waals surface area contributed by atoms with E-state index >= 15 is 0 Å². The second-order valence-electron chi connectivity index (χ2n) is 7.57. The number of fused-ring (bicyclic) bond motifs is 1. The molecule has 0 saturated heterocycles. The number of aryl methyl sites for hydroxylation is 3. The Morgan fingerprint density at radius 1 is 1.10 bits per heavy atom. The summed E-state index contributed by atoms with van der Waals surface area (Å²) in [6.45, 7) is 6.53. The maximum Gasteiger partial charge on any atom is 0.330 e. The van der Waals surface area contributed by atoms with Crippen molar-refractivity contribution in [1.29, 1.82) is 0 Å². The number of nitrogens with zero attached hydrogens (tertiary/aromatic N) is 4. The fourth-order valence-electron chi connectivity index (χ4n) is 3.78. The first kappa shape index (κ1) is 19.4. The lowest BCUT2D eigenvalue weighted by atomic mass is 10.0. The smallest absolute Gasteiger partial charge is 0.288 e. The predicted molar refractivity (Wildman–Crippen MR) is 117 cm³/mol. The molecule has 2 amide bonds. The van der Waals surface area contributed by atoms with E-state index in [1.54, 1.807) is 22.9 Å². The summed E-state index contributed by atoms with van der Waals surface area (Å²) in [4.78, 5) is 25.6. The third-order valence-electron chi connectivity index (χ3n) is 5.36. The molecule has 2 aromatic carbocycles. The standard InChI is InChI=1S/C23H23ClN4O/c1-14-8-9-17(16(3)10-14)11-20-25-12-18-13-28(23(29)27(4)22(18)26-20)21-15(2)6-5-7-19(21)24/h5-10,12H,11,13H2,1-4H3. The van der Waals surface area contributed by atoms with E-state index in [-0.39, 0.29) is 6.03 Å². The van der Waals surface area contributed by atoms with Crippen LogP contribution < -0.4 is 9.80 Å². The van der Waals surface area contributed by atoms with Gasteiger partial charge in [-0.25, -0.2) is 14.8 Å². The van der Waals surface area contributed by atoms with Crippen molar-refractivity contribution in [3.05, 3.63) is 81.3 Å². The molecule has 0 saturated carbocycles. The molecule has 0 unspecified atom stereocenters. The van der Waals surface area contributed by atoms with Crippen LogP contribution in [0.25, 0.3) is 0 Å². The molecule has 0 bridgehead atoms. The minimum absolute atomic E-state index is 0.148. The number of para-hydroxylation sites is 1. The molecule has 2 heterocycles. The van der Waals surface area contributed by atoms with Crippen LogP contribution in [0.4, 0.5) is 16.3 Å². The summed E-state index contributed by atoms with van der Waals surface area (Å²) >= 11 is 6.40. The minimum Gasteiger partial charge on any atom is -0.288 e. The first-order valence-corrected chi connectivity index (χ1v) is 9.94. The zero-order valence-corrected chi connectivity index (χ0v) is 17.8. The van der Waals surface area contributed by atoms with Crippen molar-refractivity contribution < 1.29 is 4.79 Å². The highest BCUT2D eigenvalue weighted by molar-refractivity contribution is 6.34. The zero-order chi connectivity index (χ0) is 20.7. The highest BCUT2D eigenvalue weighted by Crippen LogP contribution is 2.35. The van der Waals surface area contributed by atoms with E-state index in [1.165, 1.54) is 16.7 Å². The Morgan fingerprint density at radius 2 is 1.90 bits per heavy atom. The van der Waals surface area contributed by atoms with Crippen LogP contribution in [0.1, 0.15) is 33.6 Å². The molecule has 1 aromatic heterocycles. The number of amides is 2. The Balaban J connectivity index is 1.67. The quantitative estimate of drug-likeness (QED) is 0.599. The van der Waals surface area contributed by atoms with Crippen LogP contribution in [0, 0.1) is 20.8 Å². The number of carbonyl (C=O) groups is 1. The molecule has 0 atom stereocenters. The molecule has 5 nitrogen and oxygen atoms in total. The summed E-state index contributed by atoms with van der Waals surface area (Å²) < 4.78 is 0. The van der Waals surface area contributed by atoms with E-state index < -0.39 is 0 Å². The van der Waals surface area contributed by atoms with Crippen molar-refractivity contribution in [2.75, 3.05) is 16.8 Å². The highest BCUT2D eigenvalue weighted by Gasteiger charge is 2.32. The van der Waals surface area contributed by atoms with Crippen molar-refractivity contribution in [3.63, 3.8) is 0 Å². The number of hydrogen-bond acceptors (Lipinski definition) is 3. The number of rotatable bonds is 3. The van der Waals surface area contributed by atoms with E-state index in [0.29, 0.717) is 29.6 Å². The van der Waals surface area contributed by atoms with Gasteiger partial charge in [-0.15, -0.1) is 0 Å². The SMILES string of the molecule is Cc1ccc(Cc2ncc3c(n2)N(C)C(=O)N(c2c(C)cccc2Cl)C3)c(C)c1. The third kappa shape index (κ3) is 3.58. The lowest BCUT2D eigenvalue weighted by Gasteiger charge is -2.35. The number of halogens is 1. The van der Waals surface area contributed by atoms with Crippen LogP contribution in [0.15, 0.2) is 42.6 Å². The Hall–Kier alpha value is -2.92. The molecule has 1 aliphatic rings. The molecule has 0 spiro atoms. The van der Waals surface area contributed by atoms with Crippen molar-refractivity contribution >= 4 is 29.1 Å². The number of hydrogen-bond donors (Lipinski definition) is 0. The molecule has 4 rings (SSSR count). The van der Waals surface area contributed by atoms with Gasteiger partial charge in [0.2, 0.25) is 0 Å². The van der Waals surface area contributed by atoms with Gasteiger partial charge in [0.05, 0.1) is 17.3 Å². The van der Waals surface area contributed by atoms with Crippen molar-refractivity contribution in [3.8, 4) is 0 Å². The lowest BCUT2D eigenvalue weighted by Crippen LogP contribution is -2.46. The maximum atomic E-state index is 13.1. The Morgan fingerprint density at radius 3 is 2.62 bits per heavy atom. The van der Waals surface area contributed by atoms with Gasteiger partial charge in [-0.1, -0.05) is 47.5 Å². The fraction of sp³-hybridized carbons (Fsp3) is 0.261. The summed E-state index contributed by atoms with van der Waals surface area (Å²) in [6, 6.07) is 11.9. The van der Waals surface area contributed by atoms with Gasteiger partial charge in [-0.05, 0) is 43.5 Å². The van der Waals surface area contributed by atoms with Crippen LogP contribution in [0.2, 0.25) is 5.02 Å². The van der Waals surface area contributed by atoms with Gasteiger partial charge in [0.15, 0.2) is 0 Å². The van der Waals surface area contributed by atoms with Crippen LogP contribution in [-0.2, 0) is 13.0 Å². The van der Waals surface area contributed by atoms with Crippen LogP contribution in [-0.4, -0.2) is 23.0 Å². The summed E-state index contributed by atoms with van der Waals surface area (Å²) in [5.74, 6) is 1.36. The summed E-state index contributed by atoms with van der Waals surface area (Å²) in [5.41, 5.74) is 6.23. The number of urea groups is 1. The zero-order valence-electron chi connectivity index (χ0n) is 17.0. The summed E-state index contributed by atoms with van der Waals surface area (Å²) in [6.07, 6.45) is 2.46. The molecule has 148 valence electrons. The Labute approximate surface area is 176 Å². The molecule has 1 aliphatic heterocycles. The van der Waals surface area contributed by atoms with Crippen LogP contribution >= 0.6 is 11.6 Å². The van der Waals surface area contributed by atoms with Crippen molar-refractivity contribution in [1.82, 2.24) is 9.97 Å². The van der Waals surface area contributed by atoms with E-state index in [2.05, 4.69) is 37.0 Å². The predicted octanol–water partition coefficient (Wildman–Crippen LogP) is 5.22. The molecule has 0 aliphatic carbocycles. The summed E-state index contributed by atoms with van der Waals surface area (Å²) in [5, 5.41) is 0.558. The fourth-order valence-corrected chi connectivity index (χ4v) is 4.11. The van der Waals surface area contributed by atoms with Gasteiger partial charge in [0.25, 0.3) is 0 Å². The second-order valence-corrected chi connectivity index (χ2v) is 7.98. The number of anilines is 2. The van der Waals surface area contributed by atoms with Crippen LogP contribution in [0.5, 0.6) is 0 Å². The monoisotopic (exact) mass is 406 g/mol. The molecular formula is C23H23ClN4O. The second kappa shape index (κ2) is 7.48. The topological polar surface area (TPSA) is 49.3 Å². The van der Waals surface area contributed by atoms with Crippen molar-refractivity contribution in [2.24, 2.45) is 0 Å². The van der Waals surface area contributed by atoms with E-state index in [1.807, 2.05) is 25.3 Å². The Kier molecular flexibility index (Phi) is 5.01. The molecule has 0 N–H and O–H groups in total. The van der Waals surface area contributed by atoms with Gasteiger partial charge >= 0.3 is 6.03 Å². The minimum atomic E-state index is -0.148. The lowest BCUT2D eigenvalue weighted by molar-refractivity contribution is 0.251. The number of aromatic nitrogens is 2. The third-order valence-corrected chi connectivity index (χ3v) is 5.67. The normalized spacial score (nSPS) is 13.6. The summed E-state index contributed by atoms with van der Waals surface area (Å²) in [7, 11) is 1.74. The van der Waals surface area contributed by atoms with E-state index in [0.717, 1.165) is 16.8 Å². The van der Waals surface area contributed by atoms with E-state index in [4.69, 9.17) is 16.6 Å². The van der Waals surface area contributed by atoms with Gasteiger partial charge < -0.3 is 0 Å². The average Bonchev–Trinajstić information content (AvgIpc) is 2.68. The van der Waals surface area contributed by atoms with Gasteiger partial charge in [-0.2, -0.15) is 0 Å². The first-order chi connectivity index (χ1) is 13.8. The van der Waals surface area contributed by atoms with Gasteiger partial charge in [0, 0.05) is 25.2 Å². The number of benzene rings is 2. The molecule has 29 heavy (non-hydrogen) atoms. The maximum absolute atomic E-state index is 13.1. The molecule has 0 fully saturated rings. The van der Waals surface area contributed by atoms with E-state index in [9.17, 15) is 4.79 Å². The highest BCUT2D eigenvalue weighted by atomic mass is 35.5. The molecular weight excluding hydrogens is 384 g/mol.